The van der Waals surface area contributed by atoms with Crippen molar-refractivity contribution in [2.75, 3.05) is 46.2 Å². The van der Waals surface area contributed by atoms with Crippen LogP contribution in [0, 0.1) is 5.41 Å². The molecule has 1 N–H and O–H groups in total. The van der Waals surface area contributed by atoms with Gasteiger partial charge in [0.05, 0.1) is 31.8 Å². The molecule has 0 aromatic heterocycles. The number of hydrogen-bond donors (Lipinski definition) is 1. The zero-order chi connectivity index (χ0) is 17.9. The molecule has 24 heavy (non-hydrogen) atoms. The first-order chi connectivity index (χ1) is 11.7. The fourth-order valence-corrected chi connectivity index (χ4v) is 2.12. The molecule has 4 heteroatoms. The Hall–Kier alpha value is -0.940. The molecule has 0 aromatic carbocycles. The van der Waals surface area contributed by atoms with E-state index in [4.69, 9.17) is 14.2 Å². The van der Waals surface area contributed by atoms with Gasteiger partial charge in [-0.15, -0.1) is 19.7 Å². The van der Waals surface area contributed by atoms with Crippen molar-refractivity contribution in [1.82, 2.24) is 0 Å². The van der Waals surface area contributed by atoms with Crippen LogP contribution in [0.2, 0.25) is 0 Å². The van der Waals surface area contributed by atoms with Gasteiger partial charge in [-0.05, 0) is 38.5 Å². The number of aliphatic hydroxyl groups is 1. The van der Waals surface area contributed by atoms with Gasteiger partial charge < -0.3 is 19.3 Å². The molecule has 0 radical (unpaired) electrons. The summed E-state index contributed by atoms with van der Waals surface area (Å²) in [5.74, 6) is 0. The van der Waals surface area contributed by atoms with Crippen molar-refractivity contribution in [2.45, 2.75) is 38.5 Å². The Morgan fingerprint density at radius 3 is 1.25 bits per heavy atom. The van der Waals surface area contributed by atoms with Crippen molar-refractivity contribution in [3.05, 3.63) is 38.0 Å². The van der Waals surface area contributed by atoms with Crippen LogP contribution >= 0.6 is 0 Å². The number of ether oxygens (including phenoxy) is 3. The molecule has 0 spiro atoms. The highest BCUT2D eigenvalue weighted by Gasteiger charge is 2.31. The maximum Gasteiger partial charge on any atom is 0.0635 e. The molecule has 0 bridgehead atoms. The number of rotatable bonds is 19. The molecule has 0 atom stereocenters. The average Bonchev–Trinajstić information content (AvgIpc) is 2.60. The zero-order valence-electron chi connectivity index (χ0n) is 15.2. The SMILES string of the molecule is C=CCCCOCC(CO)(COCCCC=C)COCCCC=C. The van der Waals surface area contributed by atoms with Gasteiger partial charge >= 0.3 is 0 Å². The van der Waals surface area contributed by atoms with Gasteiger partial charge in [0.25, 0.3) is 0 Å². The molecule has 0 aliphatic rings. The minimum Gasteiger partial charge on any atom is -0.396 e. The van der Waals surface area contributed by atoms with Crippen LogP contribution in [0.1, 0.15) is 38.5 Å². The van der Waals surface area contributed by atoms with Gasteiger partial charge in [0, 0.05) is 19.8 Å². The highest BCUT2D eigenvalue weighted by molar-refractivity contribution is 4.79. The summed E-state index contributed by atoms with van der Waals surface area (Å²) in [4.78, 5) is 0. The second kappa shape index (κ2) is 16.9. The minimum absolute atomic E-state index is 0.0165. The Bertz CT molecular complexity index is 269. The molecular weight excluding hydrogens is 304 g/mol. The standard InChI is InChI=1S/C20H36O4/c1-4-7-10-13-22-17-20(16-21,18-23-14-11-8-5-2)19-24-15-12-9-6-3/h4-6,21H,1-3,7-19H2. The summed E-state index contributed by atoms with van der Waals surface area (Å²) in [6, 6.07) is 0. The number of hydrogen-bond acceptors (Lipinski definition) is 4. The summed E-state index contributed by atoms with van der Waals surface area (Å²) in [6.07, 6.45) is 11.3. The first kappa shape index (κ1) is 23.1. The fourth-order valence-electron chi connectivity index (χ4n) is 2.12. The van der Waals surface area contributed by atoms with E-state index in [1.807, 2.05) is 18.2 Å². The van der Waals surface area contributed by atoms with Gasteiger partial charge in [0.15, 0.2) is 0 Å². The minimum atomic E-state index is -0.503. The molecular formula is C20H36O4. The fraction of sp³-hybridized carbons (Fsp3) is 0.700. The van der Waals surface area contributed by atoms with Crippen molar-refractivity contribution in [2.24, 2.45) is 5.41 Å². The summed E-state index contributed by atoms with van der Waals surface area (Å²) >= 11 is 0. The highest BCUT2D eigenvalue weighted by Crippen LogP contribution is 2.20. The van der Waals surface area contributed by atoms with E-state index in [0.717, 1.165) is 38.5 Å². The predicted octanol–water partition coefficient (Wildman–Crippen LogP) is 3.91. The van der Waals surface area contributed by atoms with Crippen LogP contribution in [0.5, 0.6) is 0 Å². The lowest BCUT2D eigenvalue weighted by molar-refractivity contribution is -0.0932. The maximum absolute atomic E-state index is 9.90. The quantitative estimate of drug-likeness (QED) is 0.286. The van der Waals surface area contributed by atoms with Crippen LogP contribution in [-0.4, -0.2) is 51.4 Å². The van der Waals surface area contributed by atoms with Crippen molar-refractivity contribution < 1.29 is 19.3 Å². The molecule has 0 heterocycles. The van der Waals surface area contributed by atoms with Gasteiger partial charge in [-0.1, -0.05) is 18.2 Å². The van der Waals surface area contributed by atoms with Gasteiger partial charge in [0.1, 0.15) is 0 Å². The second-order valence-electron chi connectivity index (χ2n) is 6.11. The third-order valence-electron chi connectivity index (χ3n) is 3.65. The van der Waals surface area contributed by atoms with E-state index in [1.54, 1.807) is 0 Å². The highest BCUT2D eigenvalue weighted by atomic mass is 16.5. The second-order valence-corrected chi connectivity index (χ2v) is 6.11. The van der Waals surface area contributed by atoms with E-state index < -0.39 is 5.41 Å². The van der Waals surface area contributed by atoms with Crippen LogP contribution in [0.4, 0.5) is 0 Å². The summed E-state index contributed by atoms with van der Waals surface area (Å²) in [7, 11) is 0. The smallest absolute Gasteiger partial charge is 0.0635 e. The lowest BCUT2D eigenvalue weighted by Crippen LogP contribution is -2.41. The average molecular weight is 341 g/mol. The number of aliphatic hydroxyl groups excluding tert-OH is 1. The molecule has 0 rings (SSSR count). The first-order valence-electron chi connectivity index (χ1n) is 8.91. The maximum atomic E-state index is 9.90. The predicted molar refractivity (Wildman–Crippen MR) is 100 cm³/mol. The number of allylic oxidation sites excluding steroid dienone is 3. The Balaban J connectivity index is 4.29. The van der Waals surface area contributed by atoms with E-state index in [-0.39, 0.29) is 6.61 Å². The molecule has 0 unspecified atom stereocenters. The Kier molecular flexibility index (Phi) is 16.2. The van der Waals surface area contributed by atoms with Crippen LogP contribution < -0.4 is 0 Å². The van der Waals surface area contributed by atoms with E-state index in [2.05, 4.69) is 19.7 Å². The van der Waals surface area contributed by atoms with Crippen LogP contribution in [0.15, 0.2) is 38.0 Å². The third-order valence-corrected chi connectivity index (χ3v) is 3.65. The van der Waals surface area contributed by atoms with E-state index in [0.29, 0.717) is 39.6 Å². The van der Waals surface area contributed by atoms with Gasteiger partial charge in [0.2, 0.25) is 0 Å². The van der Waals surface area contributed by atoms with E-state index >= 15 is 0 Å². The van der Waals surface area contributed by atoms with Crippen LogP contribution in [-0.2, 0) is 14.2 Å². The molecule has 0 fully saturated rings. The van der Waals surface area contributed by atoms with E-state index in [9.17, 15) is 5.11 Å². The monoisotopic (exact) mass is 340 g/mol. The number of unbranched alkanes of at least 4 members (excludes halogenated alkanes) is 3. The summed E-state index contributed by atoms with van der Waals surface area (Å²) in [5, 5.41) is 9.90. The van der Waals surface area contributed by atoms with Crippen molar-refractivity contribution in [3.8, 4) is 0 Å². The zero-order valence-corrected chi connectivity index (χ0v) is 15.2. The Morgan fingerprint density at radius 1 is 0.667 bits per heavy atom. The molecule has 0 aliphatic heterocycles. The molecule has 0 aromatic rings. The molecule has 140 valence electrons. The molecule has 4 nitrogen and oxygen atoms in total. The molecule has 0 saturated carbocycles. The van der Waals surface area contributed by atoms with Crippen molar-refractivity contribution >= 4 is 0 Å². The van der Waals surface area contributed by atoms with E-state index in [1.165, 1.54) is 0 Å². The first-order valence-corrected chi connectivity index (χ1v) is 8.91. The Morgan fingerprint density at radius 2 is 1.00 bits per heavy atom. The van der Waals surface area contributed by atoms with Crippen molar-refractivity contribution in [1.29, 1.82) is 0 Å². The van der Waals surface area contributed by atoms with Crippen molar-refractivity contribution in [3.63, 3.8) is 0 Å². The van der Waals surface area contributed by atoms with Crippen LogP contribution in [0.3, 0.4) is 0 Å². The largest absolute Gasteiger partial charge is 0.396 e. The summed E-state index contributed by atoms with van der Waals surface area (Å²) < 4.78 is 17.2. The molecule has 0 aliphatic carbocycles. The van der Waals surface area contributed by atoms with Crippen LogP contribution in [0.25, 0.3) is 0 Å². The lowest BCUT2D eigenvalue weighted by atomic mass is 9.92. The summed E-state index contributed by atoms with van der Waals surface area (Å²) in [6.45, 7) is 14.4. The third kappa shape index (κ3) is 12.5. The van der Waals surface area contributed by atoms with Gasteiger partial charge in [-0.3, -0.25) is 0 Å². The molecule has 0 amide bonds. The normalized spacial score (nSPS) is 11.4. The van der Waals surface area contributed by atoms with Gasteiger partial charge in [-0.25, -0.2) is 0 Å². The topological polar surface area (TPSA) is 47.9 Å². The Labute approximate surface area is 148 Å². The molecule has 0 saturated heterocycles. The van der Waals surface area contributed by atoms with Gasteiger partial charge in [-0.2, -0.15) is 0 Å². The summed E-state index contributed by atoms with van der Waals surface area (Å²) in [5.41, 5.74) is -0.503. The lowest BCUT2D eigenvalue weighted by Gasteiger charge is -2.31.